The summed E-state index contributed by atoms with van der Waals surface area (Å²) in [5, 5.41) is 2.81. The number of hydrogen-bond acceptors (Lipinski definition) is 6. The Morgan fingerprint density at radius 3 is 2.45 bits per heavy atom. The van der Waals surface area contributed by atoms with Gasteiger partial charge in [0.15, 0.2) is 0 Å². The normalized spacial score (nSPS) is 16.1. The van der Waals surface area contributed by atoms with Gasteiger partial charge in [0.1, 0.15) is 11.8 Å². The second-order valence-corrected chi connectivity index (χ2v) is 10.3. The van der Waals surface area contributed by atoms with Crippen LogP contribution in [-0.4, -0.2) is 66.8 Å². The molecule has 178 valence electrons. The zero-order valence-electron chi connectivity index (χ0n) is 19.0. The van der Waals surface area contributed by atoms with E-state index in [2.05, 4.69) is 5.32 Å². The lowest BCUT2D eigenvalue weighted by Gasteiger charge is -2.24. The quantitative estimate of drug-likeness (QED) is 0.578. The fourth-order valence-corrected chi connectivity index (χ4v) is 6.22. The fourth-order valence-electron chi connectivity index (χ4n) is 3.58. The summed E-state index contributed by atoms with van der Waals surface area (Å²) in [5.74, 6) is 0.619. The van der Waals surface area contributed by atoms with Gasteiger partial charge in [-0.05, 0) is 37.3 Å². The van der Waals surface area contributed by atoms with Gasteiger partial charge in [-0.3, -0.25) is 9.59 Å². The summed E-state index contributed by atoms with van der Waals surface area (Å²) in [6.45, 7) is 6.37. The number of sulfonamides is 1. The smallest absolute Gasteiger partial charge is 0.255 e. The van der Waals surface area contributed by atoms with Crippen LogP contribution in [-0.2, 0) is 14.8 Å². The monoisotopic (exact) mass is 491 g/mol. The van der Waals surface area contributed by atoms with Crippen LogP contribution in [0.25, 0.3) is 0 Å². The topological polar surface area (TPSA) is 96.0 Å². The molecule has 0 spiro atoms. The molecule has 8 nitrogen and oxygen atoms in total. The molecular weight excluding hydrogens is 462 g/mol. The van der Waals surface area contributed by atoms with Crippen molar-refractivity contribution in [2.75, 3.05) is 36.6 Å². The Morgan fingerprint density at radius 1 is 1.12 bits per heavy atom. The predicted octanol–water partition coefficient (Wildman–Crippen LogP) is 3.27. The maximum absolute atomic E-state index is 13.2. The van der Waals surface area contributed by atoms with Gasteiger partial charge in [-0.1, -0.05) is 32.0 Å². The van der Waals surface area contributed by atoms with Crippen molar-refractivity contribution in [2.45, 2.75) is 31.7 Å². The van der Waals surface area contributed by atoms with Gasteiger partial charge in [0.25, 0.3) is 5.91 Å². The summed E-state index contributed by atoms with van der Waals surface area (Å²) in [5.41, 5.74) is 0.777. The molecular formula is C23H29N3O5S2. The van der Waals surface area contributed by atoms with Gasteiger partial charge in [0.05, 0.1) is 23.1 Å². The Kier molecular flexibility index (Phi) is 8.39. The highest BCUT2D eigenvalue weighted by Crippen LogP contribution is 2.31. The summed E-state index contributed by atoms with van der Waals surface area (Å²) >= 11 is 1.49. The summed E-state index contributed by atoms with van der Waals surface area (Å²) in [6.07, 6.45) is 0. The number of benzene rings is 2. The number of rotatable bonds is 9. The molecule has 33 heavy (non-hydrogen) atoms. The number of thioether (sulfide) groups is 1. The molecule has 0 bridgehead atoms. The maximum Gasteiger partial charge on any atom is 0.255 e. The van der Waals surface area contributed by atoms with Gasteiger partial charge in [-0.15, -0.1) is 11.8 Å². The molecule has 1 saturated heterocycles. The molecule has 1 fully saturated rings. The van der Waals surface area contributed by atoms with Crippen molar-refractivity contribution in [3.8, 4) is 5.75 Å². The van der Waals surface area contributed by atoms with Crippen LogP contribution in [0.4, 0.5) is 5.69 Å². The van der Waals surface area contributed by atoms with Gasteiger partial charge in [0.2, 0.25) is 15.9 Å². The van der Waals surface area contributed by atoms with E-state index in [1.165, 1.54) is 33.1 Å². The molecule has 1 heterocycles. The summed E-state index contributed by atoms with van der Waals surface area (Å²) in [6, 6.07) is 12.6. The molecule has 0 aliphatic carbocycles. The van der Waals surface area contributed by atoms with Crippen molar-refractivity contribution < 1.29 is 22.7 Å². The lowest BCUT2D eigenvalue weighted by atomic mass is 10.1. The Labute approximate surface area is 199 Å². The summed E-state index contributed by atoms with van der Waals surface area (Å²) in [7, 11) is -3.71. The lowest BCUT2D eigenvalue weighted by Crippen LogP contribution is -2.44. The Hall–Kier alpha value is -2.56. The van der Waals surface area contributed by atoms with Gasteiger partial charge in [0, 0.05) is 24.4 Å². The van der Waals surface area contributed by atoms with Gasteiger partial charge in [-0.2, -0.15) is 4.31 Å². The third-order valence-corrected chi connectivity index (χ3v) is 8.38. The third kappa shape index (κ3) is 5.51. The van der Waals surface area contributed by atoms with Crippen molar-refractivity contribution >= 4 is 39.3 Å². The largest absolute Gasteiger partial charge is 0.492 e. The highest BCUT2D eigenvalue weighted by molar-refractivity contribution is 7.99. The number of carbonyl (C=O) groups excluding carboxylic acids is 2. The van der Waals surface area contributed by atoms with Crippen molar-refractivity contribution in [3.05, 3.63) is 54.1 Å². The van der Waals surface area contributed by atoms with Crippen LogP contribution >= 0.6 is 11.8 Å². The summed E-state index contributed by atoms with van der Waals surface area (Å²) in [4.78, 5) is 27.7. The second kappa shape index (κ2) is 11.0. The highest BCUT2D eigenvalue weighted by Gasteiger charge is 2.35. The molecule has 1 atom stereocenters. The molecule has 10 heteroatoms. The van der Waals surface area contributed by atoms with Crippen molar-refractivity contribution in [1.82, 2.24) is 9.21 Å². The first kappa shape index (κ1) is 25.1. The van der Waals surface area contributed by atoms with E-state index in [0.29, 0.717) is 42.6 Å². The molecule has 0 radical (unpaired) electrons. The maximum atomic E-state index is 13.2. The van der Waals surface area contributed by atoms with Gasteiger partial charge in [-0.25, -0.2) is 8.42 Å². The SMILES string of the molecule is CCOc1ccc(S(=O)(=O)N(CC)CC)cc1NC(=O)[C@@H]1CSCN1C(=O)c1ccccc1. The van der Waals surface area contributed by atoms with E-state index in [9.17, 15) is 18.0 Å². The zero-order chi connectivity index (χ0) is 24.0. The Morgan fingerprint density at radius 2 is 1.82 bits per heavy atom. The fraction of sp³-hybridized carbons (Fsp3) is 0.391. The minimum absolute atomic E-state index is 0.0722. The number of nitrogens with one attached hydrogen (secondary N) is 1. The first-order valence-electron chi connectivity index (χ1n) is 10.8. The number of ether oxygens (including phenoxy) is 1. The molecule has 2 aromatic rings. The molecule has 1 N–H and O–H groups in total. The van der Waals surface area contributed by atoms with Crippen LogP contribution in [0.15, 0.2) is 53.4 Å². The molecule has 0 aromatic heterocycles. The van der Waals surface area contributed by atoms with E-state index in [0.717, 1.165) is 0 Å². The van der Waals surface area contributed by atoms with Crippen LogP contribution in [0.2, 0.25) is 0 Å². The van der Waals surface area contributed by atoms with Crippen LogP contribution in [0.1, 0.15) is 31.1 Å². The van der Waals surface area contributed by atoms with Crippen LogP contribution in [0, 0.1) is 0 Å². The lowest BCUT2D eigenvalue weighted by molar-refractivity contribution is -0.119. The molecule has 3 rings (SSSR count). The first-order valence-corrected chi connectivity index (χ1v) is 13.4. The van der Waals surface area contributed by atoms with Gasteiger partial charge < -0.3 is 15.0 Å². The number of amides is 2. The molecule has 2 aromatic carbocycles. The number of nitrogens with zero attached hydrogens (tertiary/aromatic N) is 2. The van der Waals surface area contributed by atoms with Gasteiger partial charge >= 0.3 is 0 Å². The van der Waals surface area contributed by atoms with E-state index >= 15 is 0 Å². The van der Waals surface area contributed by atoms with Crippen LogP contribution in [0.5, 0.6) is 5.75 Å². The van der Waals surface area contributed by atoms with Crippen molar-refractivity contribution in [3.63, 3.8) is 0 Å². The van der Waals surface area contributed by atoms with Crippen LogP contribution < -0.4 is 10.1 Å². The van der Waals surface area contributed by atoms with Crippen molar-refractivity contribution in [1.29, 1.82) is 0 Å². The number of carbonyl (C=O) groups is 2. The standard InChI is InChI=1S/C23H29N3O5S2/c1-4-25(5-2)33(29,30)18-12-13-21(31-6-3)19(14-18)24-22(27)20-15-32-16-26(20)23(28)17-10-8-7-9-11-17/h7-14,20H,4-6,15-16H2,1-3H3,(H,24,27)/t20-/m0/s1. The van der Waals surface area contributed by atoms with Crippen molar-refractivity contribution in [2.24, 2.45) is 0 Å². The molecule has 1 aliphatic heterocycles. The zero-order valence-corrected chi connectivity index (χ0v) is 20.6. The first-order chi connectivity index (χ1) is 15.8. The average Bonchev–Trinajstić information content (AvgIpc) is 3.31. The molecule has 0 unspecified atom stereocenters. The Balaban J connectivity index is 1.87. The average molecular weight is 492 g/mol. The van der Waals surface area contributed by atoms with E-state index in [4.69, 9.17) is 4.74 Å². The minimum atomic E-state index is -3.71. The number of hydrogen-bond donors (Lipinski definition) is 1. The molecule has 2 amide bonds. The van der Waals surface area contributed by atoms with E-state index in [1.807, 2.05) is 6.07 Å². The van der Waals surface area contributed by atoms with E-state index in [1.54, 1.807) is 51.1 Å². The predicted molar refractivity (Wildman–Crippen MR) is 130 cm³/mol. The Bertz CT molecular complexity index is 1090. The highest BCUT2D eigenvalue weighted by atomic mass is 32.2. The second-order valence-electron chi connectivity index (χ2n) is 7.33. The van der Waals surface area contributed by atoms with E-state index in [-0.39, 0.29) is 22.4 Å². The molecule has 1 aliphatic rings. The van der Waals surface area contributed by atoms with Crippen LogP contribution in [0.3, 0.4) is 0 Å². The third-order valence-electron chi connectivity index (χ3n) is 5.32. The number of anilines is 1. The minimum Gasteiger partial charge on any atom is -0.492 e. The van der Waals surface area contributed by atoms with E-state index < -0.39 is 16.1 Å². The summed E-state index contributed by atoms with van der Waals surface area (Å²) < 4.78 is 32.9. The molecule has 0 saturated carbocycles.